The van der Waals surface area contributed by atoms with Crippen molar-refractivity contribution in [1.82, 2.24) is 5.32 Å². The second-order valence-electron chi connectivity index (χ2n) is 4.90. The van der Waals surface area contributed by atoms with Crippen LogP contribution in [0.3, 0.4) is 0 Å². The van der Waals surface area contributed by atoms with Gasteiger partial charge in [0.1, 0.15) is 5.54 Å². The van der Waals surface area contributed by atoms with Gasteiger partial charge in [-0.1, -0.05) is 11.6 Å². The van der Waals surface area contributed by atoms with Gasteiger partial charge in [-0.05, 0) is 44.5 Å². The van der Waals surface area contributed by atoms with E-state index in [0.717, 1.165) is 22.8 Å². The van der Waals surface area contributed by atoms with Crippen LogP contribution in [-0.2, 0) is 4.79 Å². The summed E-state index contributed by atoms with van der Waals surface area (Å²) in [6, 6.07) is 5.78. The van der Waals surface area contributed by atoms with E-state index in [1.807, 2.05) is 39.0 Å². The summed E-state index contributed by atoms with van der Waals surface area (Å²) in [5.74, 6) is 0.0677. The van der Waals surface area contributed by atoms with Crippen molar-refractivity contribution in [2.24, 2.45) is 0 Å². The summed E-state index contributed by atoms with van der Waals surface area (Å²) in [4.78, 5) is 14.0. The highest BCUT2D eigenvalue weighted by molar-refractivity contribution is 6.30. The molecule has 0 bridgehead atoms. The predicted molar refractivity (Wildman–Crippen MR) is 70.6 cm³/mol. The van der Waals surface area contributed by atoms with E-state index in [1.54, 1.807) is 0 Å². The molecule has 17 heavy (non-hydrogen) atoms. The van der Waals surface area contributed by atoms with Gasteiger partial charge in [0.15, 0.2) is 0 Å². The lowest BCUT2D eigenvalue weighted by Crippen LogP contribution is -2.62. The van der Waals surface area contributed by atoms with Crippen molar-refractivity contribution in [3.8, 4) is 0 Å². The molecule has 0 unspecified atom stereocenters. The van der Waals surface area contributed by atoms with Gasteiger partial charge in [-0.2, -0.15) is 0 Å². The lowest BCUT2D eigenvalue weighted by atomic mass is 9.97. The number of hydrogen-bond acceptors (Lipinski definition) is 2. The van der Waals surface area contributed by atoms with Crippen LogP contribution in [0.2, 0.25) is 5.02 Å². The summed E-state index contributed by atoms with van der Waals surface area (Å²) in [7, 11) is 0. The average molecular weight is 253 g/mol. The lowest BCUT2D eigenvalue weighted by molar-refractivity contribution is -0.126. The third-order valence-electron chi connectivity index (χ3n) is 3.30. The van der Waals surface area contributed by atoms with Crippen LogP contribution in [0.4, 0.5) is 5.69 Å². The van der Waals surface area contributed by atoms with Crippen molar-refractivity contribution < 1.29 is 4.79 Å². The van der Waals surface area contributed by atoms with Crippen molar-refractivity contribution in [2.45, 2.75) is 26.3 Å². The van der Waals surface area contributed by atoms with Gasteiger partial charge in [0, 0.05) is 23.8 Å². The molecule has 1 aromatic carbocycles. The molecule has 0 atom stereocenters. The first-order chi connectivity index (χ1) is 7.93. The lowest BCUT2D eigenvalue weighted by Gasteiger charge is -2.43. The highest BCUT2D eigenvalue weighted by atomic mass is 35.5. The van der Waals surface area contributed by atoms with Crippen molar-refractivity contribution >= 4 is 23.2 Å². The number of carbonyl (C=O) groups excluding carboxylic acids is 1. The molecule has 4 heteroatoms. The van der Waals surface area contributed by atoms with E-state index in [-0.39, 0.29) is 5.91 Å². The van der Waals surface area contributed by atoms with Gasteiger partial charge in [0.25, 0.3) is 0 Å². The van der Waals surface area contributed by atoms with Crippen LogP contribution in [0, 0.1) is 6.92 Å². The van der Waals surface area contributed by atoms with Gasteiger partial charge in [-0.25, -0.2) is 0 Å². The van der Waals surface area contributed by atoms with E-state index in [9.17, 15) is 4.79 Å². The molecule has 1 aliphatic rings. The van der Waals surface area contributed by atoms with Gasteiger partial charge in [0.05, 0.1) is 0 Å². The van der Waals surface area contributed by atoms with Gasteiger partial charge < -0.3 is 10.2 Å². The maximum Gasteiger partial charge on any atom is 0.245 e. The van der Waals surface area contributed by atoms with Crippen LogP contribution in [0.25, 0.3) is 0 Å². The molecule has 1 amide bonds. The third-order valence-corrected chi connectivity index (χ3v) is 3.54. The molecule has 1 aromatic rings. The first-order valence-corrected chi connectivity index (χ1v) is 6.13. The number of piperazine rings is 1. The van der Waals surface area contributed by atoms with E-state index in [0.29, 0.717) is 6.54 Å². The van der Waals surface area contributed by atoms with Gasteiger partial charge in [-0.15, -0.1) is 0 Å². The summed E-state index contributed by atoms with van der Waals surface area (Å²) in [6.45, 7) is 7.40. The van der Waals surface area contributed by atoms with Crippen molar-refractivity contribution in [3.63, 3.8) is 0 Å². The van der Waals surface area contributed by atoms with Crippen LogP contribution < -0.4 is 10.2 Å². The number of hydrogen-bond donors (Lipinski definition) is 1. The molecular formula is C13H17ClN2O. The fraction of sp³-hybridized carbons (Fsp3) is 0.462. The smallest absolute Gasteiger partial charge is 0.245 e. The second kappa shape index (κ2) is 4.22. The summed E-state index contributed by atoms with van der Waals surface area (Å²) in [6.07, 6.45) is 0. The normalized spacial score (nSPS) is 19.1. The van der Waals surface area contributed by atoms with Gasteiger partial charge in [0.2, 0.25) is 5.91 Å². The molecule has 0 saturated carbocycles. The number of carbonyl (C=O) groups is 1. The zero-order valence-corrected chi connectivity index (χ0v) is 11.1. The van der Waals surface area contributed by atoms with Gasteiger partial charge >= 0.3 is 0 Å². The third kappa shape index (κ3) is 2.12. The molecule has 92 valence electrons. The number of anilines is 1. The number of halogens is 1. The Bertz CT molecular complexity index is 457. The Morgan fingerprint density at radius 2 is 2.12 bits per heavy atom. The van der Waals surface area contributed by atoms with E-state index >= 15 is 0 Å². The molecule has 0 spiro atoms. The van der Waals surface area contributed by atoms with Crippen LogP contribution in [0.15, 0.2) is 18.2 Å². The average Bonchev–Trinajstić information content (AvgIpc) is 2.23. The van der Waals surface area contributed by atoms with E-state index in [2.05, 4.69) is 10.2 Å². The second-order valence-corrected chi connectivity index (χ2v) is 5.33. The van der Waals surface area contributed by atoms with E-state index in [1.165, 1.54) is 0 Å². The van der Waals surface area contributed by atoms with Crippen molar-refractivity contribution in [1.29, 1.82) is 0 Å². The Labute approximate surface area is 107 Å². The monoisotopic (exact) mass is 252 g/mol. The van der Waals surface area contributed by atoms with E-state index < -0.39 is 5.54 Å². The van der Waals surface area contributed by atoms with Crippen molar-refractivity contribution in [3.05, 3.63) is 28.8 Å². The summed E-state index contributed by atoms with van der Waals surface area (Å²) in [5.41, 5.74) is 1.66. The predicted octanol–water partition coefficient (Wildman–Crippen LogP) is 2.36. The minimum absolute atomic E-state index is 0.0677. The number of nitrogens with one attached hydrogen (secondary N) is 1. The van der Waals surface area contributed by atoms with Crippen LogP contribution in [0.5, 0.6) is 0 Å². The number of amides is 1. The minimum atomic E-state index is -0.517. The maximum absolute atomic E-state index is 11.9. The van der Waals surface area contributed by atoms with E-state index in [4.69, 9.17) is 11.6 Å². The molecule has 0 aromatic heterocycles. The largest absolute Gasteiger partial charge is 0.356 e. The highest BCUT2D eigenvalue weighted by Gasteiger charge is 2.38. The quantitative estimate of drug-likeness (QED) is 0.832. The van der Waals surface area contributed by atoms with Crippen LogP contribution in [0.1, 0.15) is 19.4 Å². The SMILES string of the molecule is Cc1cc(Cl)ccc1N1CCNC(=O)C1(C)C. The molecule has 1 N–H and O–H groups in total. The topological polar surface area (TPSA) is 32.3 Å². The first-order valence-electron chi connectivity index (χ1n) is 5.75. The Kier molecular flexibility index (Phi) is 3.04. The van der Waals surface area contributed by atoms with Crippen LogP contribution >= 0.6 is 11.6 Å². The molecule has 1 heterocycles. The summed E-state index contributed by atoms with van der Waals surface area (Å²) < 4.78 is 0. The number of aryl methyl sites for hydroxylation is 1. The molecule has 0 aliphatic carbocycles. The minimum Gasteiger partial charge on any atom is -0.356 e. The maximum atomic E-state index is 11.9. The standard InChI is InChI=1S/C13H17ClN2O/c1-9-8-10(14)4-5-11(9)16-7-6-15-12(17)13(16,2)3/h4-5,8H,6-7H2,1-3H3,(H,15,17). The summed E-state index contributed by atoms with van der Waals surface area (Å²) in [5, 5.41) is 3.62. The summed E-state index contributed by atoms with van der Waals surface area (Å²) >= 11 is 5.96. The molecule has 1 saturated heterocycles. The molecule has 1 fully saturated rings. The Hall–Kier alpha value is -1.22. The zero-order valence-electron chi connectivity index (χ0n) is 10.4. The van der Waals surface area contributed by atoms with Gasteiger partial charge in [-0.3, -0.25) is 4.79 Å². The molecule has 0 radical (unpaired) electrons. The Morgan fingerprint density at radius 1 is 1.41 bits per heavy atom. The Morgan fingerprint density at radius 3 is 2.76 bits per heavy atom. The molecule has 1 aliphatic heterocycles. The molecule has 3 nitrogen and oxygen atoms in total. The van der Waals surface area contributed by atoms with Crippen LogP contribution in [-0.4, -0.2) is 24.5 Å². The number of benzene rings is 1. The Balaban J connectivity index is 2.41. The number of nitrogens with zero attached hydrogens (tertiary/aromatic N) is 1. The fourth-order valence-corrected chi connectivity index (χ4v) is 2.47. The highest BCUT2D eigenvalue weighted by Crippen LogP contribution is 2.30. The molecule has 2 rings (SSSR count). The zero-order chi connectivity index (χ0) is 12.6. The number of rotatable bonds is 1. The van der Waals surface area contributed by atoms with Crippen molar-refractivity contribution in [2.75, 3.05) is 18.0 Å². The molecular weight excluding hydrogens is 236 g/mol. The fourth-order valence-electron chi connectivity index (χ4n) is 2.24. The first kappa shape index (κ1) is 12.2.